The first-order valence-corrected chi connectivity index (χ1v) is 6.77. The summed E-state index contributed by atoms with van der Waals surface area (Å²) in [7, 11) is -2.55. The van der Waals surface area contributed by atoms with E-state index < -0.39 is 28.4 Å². The van der Waals surface area contributed by atoms with Crippen LogP contribution in [0.25, 0.3) is 0 Å². The quantitative estimate of drug-likeness (QED) is 0.754. The van der Waals surface area contributed by atoms with Crippen LogP contribution < -0.4 is 5.73 Å². The Morgan fingerprint density at radius 3 is 2.30 bits per heavy atom. The SMILES string of the molecule is CC(CC(=O)c1ccc(N=S(=O)=O)cc1)[C@H](N)C(=O)O. The molecule has 0 amide bonds. The van der Waals surface area contributed by atoms with E-state index in [0.717, 1.165) is 0 Å². The first kappa shape index (κ1) is 16.0. The molecule has 8 heteroatoms. The molecule has 2 atom stereocenters. The fourth-order valence-electron chi connectivity index (χ4n) is 1.57. The Morgan fingerprint density at radius 1 is 1.30 bits per heavy atom. The molecular formula is C12H14N2O5S. The largest absolute Gasteiger partial charge is 0.480 e. The summed E-state index contributed by atoms with van der Waals surface area (Å²) < 4.78 is 24.0. The Morgan fingerprint density at radius 2 is 1.85 bits per heavy atom. The molecule has 108 valence electrons. The molecule has 3 N–H and O–H groups in total. The molecule has 1 aromatic carbocycles. The van der Waals surface area contributed by atoms with Crippen LogP contribution in [-0.2, 0) is 15.3 Å². The number of carboxylic acids is 1. The summed E-state index contributed by atoms with van der Waals surface area (Å²) in [6, 6.07) is 4.56. The van der Waals surface area contributed by atoms with Gasteiger partial charge in [-0.1, -0.05) is 6.92 Å². The van der Waals surface area contributed by atoms with Gasteiger partial charge in [-0.2, -0.15) is 8.42 Å². The second kappa shape index (κ2) is 6.92. The van der Waals surface area contributed by atoms with Crippen molar-refractivity contribution in [3.63, 3.8) is 0 Å². The zero-order chi connectivity index (χ0) is 15.3. The van der Waals surface area contributed by atoms with E-state index in [4.69, 9.17) is 10.8 Å². The number of ketones is 1. The lowest BCUT2D eigenvalue weighted by molar-refractivity contribution is -0.139. The predicted molar refractivity (Wildman–Crippen MR) is 71.2 cm³/mol. The number of nitrogens with two attached hydrogens (primary N) is 1. The molecule has 0 heterocycles. The molecule has 1 aromatic rings. The van der Waals surface area contributed by atoms with E-state index in [1.54, 1.807) is 6.92 Å². The third kappa shape index (κ3) is 4.56. The molecule has 0 aromatic heterocycles. The Bertz CT molecular complexity index is 628. The Hall–Kier alpha value is -2.06. The second-order valence-electron chi connectivity index (χ2n) is 4.32. The fraction of sp³-hybridized carbons (Fsp3) is 0.333. The van der Waals surface area contributed by atoms with E-state index in [1.807, 2.05) is 0 Å². The van der Waals surface area contributed by atoms with Gasteiger partial charge >= 0.3 is 16.5 Å². The highest BCUT2D eigenvalue weighted by Gasteiger charge is 2.22. The Labute approximate surface area is 117 Å². The third-order valence-electron chi connectivity index (χ3n) is 2.77. The van der Waals surface area contributed by atoms with Crippen molar-refractivity contribution in [3.8, 4) is 0 Å². The molecule has 0 aliphatic rings. The van der Waals surface area contributed by atoms with Crippen LogP contribution in [0.1, 0.15) is 23.7 Å². The number of carboxylic acid groups (broad SMARTS) is 1. The minimum absolute atomic E-state index is 0.00254. The highest BCUT2D eigenvalue weighted by atomic mass is 32.2. The number of hydrogen-bond acceptors (Lipinski definition) is 6. The third-order valence-corrected chi connectivity index (χ3v) is 3.13. The van der Waals surface area contributed by atoms with Crippen LogP contribution in [0.5, 0.6) is 0 Å². The lowest BCUT2D eigenvalue weighted by Gasteiger charge is -2.14. The number of carbonyl (C=O) groups is 2. The van der Waals surface area contributed by atoms with Gasteiger partial charge in [-0.05, 0) is 30.2 Å². The standard InChI is InChI=1S/C12H14N2O5S/c1-7(11(13)12(16)17)6-10(15)8-2-4-9(5-3-8)14-20(18)19/h2-5,7,11H,6,13H2,1H3,(H,16,17)/t7?,11-/m0/s1. The molecule has 0 aliphatic heterocycles. The maximum atomic E-state index is 11.9. The van der Waals surface area contributed by atoms with Crippen LogP contribution in [0.2, 0.25) is 0 Å². The van der Waals surface area contributed by atoms with Crippen LogP contribution >= 0.6 is 0 Å². The van der Waals surface area contributed by atoms with Crippen molar-refractivity contribution in [2.45, 2.75) is 19.4 Å². The van der Waals surface area contributed by atoms with Crippen molar-refractivity contribution in [2.75, 3.05) is 0 Å². The Balaban J connectivity index is 2.78. The van der Waals surface area contributed by atoms with Gasteiger partial charge in [0.1, 0.15) is 6.04 Å². The number of benzene rings is 1. The van der Waals surface area contributed by atoms with Gasteiger partial charge in [-0.15, -0.1) is 4.36 Å². The second-order valence-corrected chi connectivity index (χ2v) is 4.94. The van der Waals surface area contributed by atoms with Crippen molar-refractivity contribution in [1.29, 1.82) is 0 Å². The minimum atomic E-state index is -2.55. The highest BCUT2D eigenvalue weighted by Crippen LogP contribution is 2.16. The van der Waals surface area contributed by atoms with E-state index in [2.05, 4.69) is 4.36 Å². The molecule has 1 rings (SSSR count). The van der Waals surface area contributed by atoms with Crippen molar-refractivity contribution >= 4 is 27.9 Å². The summed E-state index contributed by atoms with van der Waals surface area (Å²) in [6.07, 6.45) is -0.00254. The van der Waals surface area contributed by atoms with Crippen molar-refractivity contribution in [3.05, 3.63) is 29.8 Å². The van der Waals surface area contributed by atoms with Gasteiger partial charge in [0, 0.05) is 12.0 Å². The molecule has 0 saturated heterocycles. The van der Waals surface area contributed by atoms with E-state index in [0.29, 0.717) is 5.56 Å². The van der Waals surface area contributed by atoms with E-state index in [9.17, 15) is 18.0 Å². The minimum Gasteiger partial charge on any atom is -0.480 e. The lowest BCUT2D eigenvalue weighted by atomic mass is 9.94. The normalized spacial score (nSPS) is 13.3. The smallest absolute Gasteiger partial charge is 0.320 e. The van der Waals surface area contributed by atoms with E-state index in [1.165, 1.54) is 24.3 Å². The average Bonchev–Trinajstić information content (AvgIpc) is 2.37. The van der Waals surface area contributed by atoms with Gasteiger partial charge in [0.15, 0.2) is 5.78 Å². The first-order valence-electron chi connectivity index (χ1n) is 5.74. The van der Waals surface area contributed by atoms with Gasteiger partial charge in [0.25, 0.3) is 0 Å². The number of hydrogen-bond donors (Lipinski definition) is 2. The molecule has 20 heavy (non-hydrogen) atoms. The number of aliphatic carboxylic acids is 1. The average molecular weight is 298 g/mol. The molecule has 0 fully saturated rings. The predicted octanol–water partition coefficient (Wildman–Crippen LogP) is 1.00. The zero-order valence-electron chi connectivity index (χ0n) is 10.7. The molecule has 0 aliphatic carbocycles. The number of carbonyl (C=O) groups excluding carboxylic acids is 1. The van der Waals surface area contributed by atoms with Crippen molar-refractivity contribution in [1.82, 2.24) is 0 Å². The van der Waals surface area contributed by atoms with Crippen LogP contribution in [0.3, 0.4) is 0 Å². The zero-order valence-corrected chi connectivity index (χ0v) is 11.5. The van der Waals surface area contributed by atoms with Gasteiger partial charge in [0.2, 0.25) is 0 Å². The van der Waals surface area contributed by atoms with Gasteiger partial charge < -0.3 is 10.8 Å². The first-order chi connectivity index (χ1) is 9.31. The van der Waals surface area contributed by atoms with Crippen molar-refractivity contribution < 1.29 is 23.1 Å². The number of rotatable bonds is 6. The Kier molecular flexibility index (Phi) is 5.53. The van der Waals surface area contributed by atoms with Crippen LogP contribution in [0.4, 0.5) is 5.69 Å². The van der Waals surface area contributed by atoms with E-state index >= 15 is 0 Å². The van der Waals surface area contributed by atoms with Crippen molar-refractivity contribution in [2.24, 2.45) is 16.0 Å². The summed E-state index contributed by atoms with van der Waals surface area (Å²) in [5.74, 6) is -1.92. The fourth-order valence-corrected chi connectivity index (χ4v) is 1.87. The molecule has 0 spiro atoms. The summed E-state index contributed by atoms with van der Waals surface area (Å²) in [5.41, 5.74) is 6.00. The summed E-state index contributed by atoms with van der Waals surface area (Å²) in [4.78, 5) is 22.6. The topological polar surface area (TPSA) is 127 Å². The molecule has 1 unspecified atom stereocenters. The summed E-state index contributed by atoms with van der Waals surface area (Å²) >= 11 is 0. The lowest BCUT2D eigenvalue weighted by Crippen LogP contribution is -2.37. The summed E-state index contributed by atoms with van der Waals surface area (Å²) in [5, 5.41) is 8.75. The number of nitrogens with zero attached hydrogens (tertiary/aromatic N) is 1. The monoisotopic (exact) mass is 298 g/mol. The molecular weight excluding hydrogens is 284 g/mol. The van der Waals surface area contributed by atoms with Gasteiger partial charge in [-0.25, -0.2) is 0 Å². The molecule has 0 bridgehead atoms. The van der Waals surface area contributed by atoms with Crippen LogP contribution in [0, 0.1) is 5.92 Å². The molecule has 0 saturated carbocycles. The van der Waals surface area contributed by atoms with Crippen LogP contribution in [-0.4, -0.2) is 31.3 Å². The highest BCUT2D eigenvalue weighted by molar-refractivity contribution is 7.61. The summed E-state index contributed by atoms with van der Waals surface area (Å²) in [6.45, 7) is 1.58. The molecule has 0 radical (unpaired) electrons. The maximum Gasteiger partial charge on any atom is 0.320 e. The van der Waals surface area contributed by atoms with Crippen LogP contribution in [0.15, 0.2) is 28.6 Å². The maximum absolute atomic E-state index is 11.9. The van der Waals surface area contributed by atoms with Gasteiger partial charge in [-0.3, -0.25) is 9.59 Å². The molecule has 7 nitrogen and oxygen atoms in total. The number of Topliss-reactive ketones (excluding diaryl/α,β-unsaturated/α-hetero) is 1. The van der Waals surface area contributed by atoms with E-state index in [-0.39, 0.29) is 17.9 Å². The van der Waals surface area contributed by atoms with Gasteiger partial charge in [0.05, 0.1) is 5.69 Å².